The highest BCUT2D eigenvalue weighted by atomic mass is 35.5. The molecule has 7 heteroatoms. The fraction of sp³-hybridized carbons (Fsp3) is 0.0625. The van der Waals surface area contributed by atoms with Crippen LogP contribution < -0.4 is 4.74 Å². The Morgan fingerprint density at radius 2 is 1.87 bits per heavy atom. The Hall–Kier alpha value is -2.57. The van der Waals surface area contributed by atoms with Gasteiger partial charge in [0.1, 0.15) is 18.2 Å². The van der Waals surface area contributed by atoms with Crippen molar-refractivity contribution in [2.45, 2.75) is 0 Å². The fourth-order valence-corrected chi connectivity index (χ4v) is 2.31. The number of aliphatic hydroxyl groups is 1. The number of rotatable bonds is 6. The summed E-state index contributed by atoms with van der Waals surface area (Å²) in [5.41, 5.74) is -0.830. The molecule has 0 aliphatic carbocycles. The van der Waals surface area contributed by atoms with Crippen molar-refractivity contribution in [2.75, 3.05) is 6.61 Å². The van der Waals surface area contributed by atoms with Crippen molar-refractivity contribution in [2.24, 2.45) is 0 Å². The summed E-state index contributed by atoms with van der Waals surface area (Å²) < 4.78 is 18.5. The molecule has 0 atom stereocenters. The van der Waals surface area contributed by atoms with Crippen molar-refractivity contribution in [3.8, 4) is 5.75 Å². The summed E-state index contributed by atoms with van der Waals surface area (Å²) in [6.45, 7) is -0.756. The zero-order valence-electron chi connectivity index (χ0n) is 11.6. The van der Waals surface area contributed by atoms with Gasteiger partial charge in [-0.05, 0) is 24.3 Å². The molecule has 0 spiro atoms. The molecule has 0 saturated carbocycles. The Bertz CT molecular complexity index is 788. The monoisotopic (exact) mass is 336 g/mol. The molecule has 0 aliphatic rings. The van der Waals surface area contributed by atoms with Gasteiger partial charge >= 0.3 is 0 Å². The van der Waals surface area contributed by atoms with Crippen LogP contribution in [0.1, 0.15) is 26.3 Å². The van der Waals surface area contributed by atoms with Crippen molar-refractivity contribution in [1.29, 1.82) is 0 Å². The number of benzene rings is 2. The molecule has 0 aliphatic heterocycles. The summed E-state index contributed by atoms with van der Waals surface area (Å²) in [6.07, 6.45) is 0. The number of ketones is 2. The second kappa shape index (κ2) is 7.13. The second-order valence-electron chi connectivity index (χ2n) is 4.40. The first-order chi connectivity index (χ1) is 11.0. The molecule has 23 heavy (non-hydrogen) atoms. The molecule has 2 rings (SSSR count). The number of aliphatic hydroxyl groups excluding tert-OH is 1. The van der Waals surface area contributed by atoms with E-state index in [9.17, 15) is 18.8 Å². The van der Waals surface area contributed by atoms with Gasteiger partial charge in [-0.2, -0.15) is 0 Å². The first kappa shape index (κ1) is 16.8. The second-order valence-corrected chi connectivity index (χ2v) is 4.78. The quantitative estimate of drug-likeness (QED) is 0.647. The van der Waals surface area contributed by atoms with E-state index in [4.69, 9.17) is 16.7 Å². The lowest BCUT2D eigenvalue weighted by molar-refractivity contribution is -0.120. The average Bonchev–Trinajstić information content (AvgIpc) is 2.55. The van der Waals surface area contributed by atoms with E-state index in [2.05, 4.69) is 4.74 Å². The smallest absolute Gasteiger partial charge is 0.298 e. The topological polar surface area (TPSA) is 80.7 Å². The van der Waals surface area contributed by atoms with Crippen LogP contribution in [0, 0.1) is 5.82 Å². The standard InChI is InChI=1S/C16H10ClFO5/c17-15-13(23-8-20)6-5-10(12(21)7-19)14(15)16(22)9-3-1-2-4-11(9)18/h1-6,8,19H,7H2. The van der Waals surface area contributed by atoms with Crippen LogP contribution in [0.5, 0.6) is 5.75 Å². The predicted octanol–water partition coefficient (Wildman–Crippen LogP) is 2.42. The molecule has 0 aromatic heterocycles. The first-order valence-corrected chi connectivity index (χ1v) is 6.75. The van der Waals surface area contributed by atoms with E-state index >= 15 is 0 Å². The van der Waals surface area contributed by atoms with Crippen LogP contribution in [0.15, 0.2) is 36.4 Å². The largest absolute Gasteiger partial charge is 0.427 e. The van der Waals surface area contributed by atoms with E-state index in [0.29, 0.717) is 0 Å². The molecule has 1 N–H and O–H groups in total. The van der Waals surface area contributed by atoms with Crippen LogP contribution >= 0.6 is 11.6 Å². The van der Waals surface area contributed by atoms with Gasteiger partial charge in [-0.25, -0.2) is 4.39 Å². The van der Waals surface area contributed by atoms with Gasteiger partial charge in [0.25, 0.3) is 6.47 Å². The molecule has 2 aromatic carbocycles. The van der Waals surface area contributed by atoms with Crippen molar-refractivity contribution in [1.82, 2.24) is 0 Å². The lowest BCUT2D eigenvalue weighted by atomic mass is 9.95. The molecule has 0 fully saturated rings. The molecular formula is C16H10ClFO5. The third-order valence-electron chi connectivity index (χ3n) is 3.07. The summed E-state index contributed by atoms with van der Waals surface area (Å²) in [5, 5.41) is 8.70. The number of halogens is 2. The maximum absolute atomic E-state index is 13.8. The molecule has 0 unspecified atom stereocenters. The van der Waals surface area contributed by atoms with Crippen molar-refractivity contribution >= 4 is 29.6 Å². The van der Waals surface area contributed by atoms with E-state index in [1.807, 2.05) is 0 Å². The maximum atomic E-state index is 13.8. The van der Waals surface area contributed by atoms with Gasteiger partial charge in [0.15, 0.2) is 11.6 Å². The zero-order chi connectivity index (χ0) is 17.0. The zero-order valence-corrected chi connectivity index (χ0v) is 12.3. The van der Waals surface area contributed by atoms with Crippen molar-refractivity contribution < 1.29 is 28.6 Å². The van der Waals surface area contributed by atoms with Gasteiger partial charge < -0.3 is 9.84 Å². The molecule has 2 aromatic rings. The summed E-state index contributed by atoms with van der Waals surface area (Å²) in [4.78, 5) is 34.9. The van der Waals surface area contributed by atoms with Crippen molar-refractivity contribution in [3.63, 3.8) is 0 Å². The number of carbonyl (C=O) groups excluding carboxylic acids is 3. The van der Waals surface area contributed by atoms with Crippen LogP contribution in [0.3, 0.4) is 0 Å². The number of carbonyl (C=O) groups is 3. The Morgan fingerprint density at radius 1 is 1.17 bits per heavy atom. The van der Waals surface area contributed by atoms with Crippen LogP contribution in [0.4, 0.5) is 4.39 Å². The number of Topliss-reactive ketones (excluding diaryl/α,β-unsaturated/α-hetero) is 1. The Morgan fingerprint density at radius 3 is 2.48 bits per heavy atom. The molecular weight excluding hydrogens is 327 g/mol. The lowest BCUT2D eigenvalue weighted by Gasteiger charge is -2.12. The predicted molar refractivity (Wildman–Crippen MR) is 79.4 cm³/mol. The average molecular weight is 337 g/mol. The Labute approximate surface area is 135 Å². The summed E-state index contributed by atoms with van der Waals surface area (Å²) in [7, 11) is 0. The molecule has 0 heterocycles. The number of ether oxygens (including phenoxy) is 1. The minimum absolute atomic E-state index is 0.103. The lowest BCUT2D eigenvalue weighted by Crippen LogP contribution is -2.15. The third-order valence-corrected chi connectivity index (χ3v) is 3.45. The van der Waals surface area contributed by atoms with Crippen molar-refractivity contribution in [3.05, 3.63) is 63.9 Å². The summed E-state index contributed by atoms with van der Waals surface area (Å²) in [6, 6.07) is 7.55. The Kier molecular flexibility index (Phi) is 5.20. The minimum atomic E-state index is -0.860. The molecule has 0 radical (unpaired) electrons. The van der Waals surface area contributed by atoms with Gasteiger partial charge in [-0.3, -0.25) is 14.4 Å². The van der Waals surface area contributed by atoms with Crippen LogP contribution in [-0.4, -0.2) is 29.8 Å². The maximum Gasteiger partial charge on any atom is 0.298 e. The highest BCUT2D eigenvalue weighted by molar-refractivity contribution is 6.37. The van der Waals surface area contributed by atoms with Crippen LogP contribution in [-0.2, 0) is 4.79 Å². The highest BCUT2D eigenvalue weighted by Gasteiger charge is 2.25. The van der Waals surface area contributed by atoms with Crippen LogP contribution in [0.25, 0.3) is 0 Å². The fourth-order valence-electron chi connectivity index (χ4n) is 2.02. The highest BCUT2D eigenvalue weighted by Crippen LogP contribution is 2.33. The third kappa shape index (κ3) is 3.28. The molecule has 0 saturated heterocycles. The SMILES string of the molecule is O=COc1ccc(C(=O)CO)c(C(=O)c2ccccc2F)c1Cl. The molecule has 118 valence electrons. The van der Waals surface area contributed by atoms with Crippen LogP contribution in [0.2, 0.25) is 5.02 Å². The molecule has 0 amide bonds. The van der Waals surface area contributed by atoms with Gasteiger partial charge in [0.05, 0.1) is 16.1 Å². The van der Waals surface area contributed by atoms with E-state index in [0.717, 1.165) is 6.07 Å². The van der Waals surface area contributed by atoms with Gasteiger partial charge in [0, 0.05) is 5.56 Å². The Balaban J connectivity index is 2.69. The summed E-state index contributed by atoms with van der Waals surface area (Å²) in [5.74, 6) is -2.58. The molecule has 0 bridgehead atoms. The first-order valence-electron chi connectivity index (χ1n) is 6.37. The van der Waals surface area contributed by atoms with E-state index < -0.39 is 24.0 Å². The molecule has 5 nitrogen and oxygen atoms in total. The summed E-state index contributed by atoms with van der Waals surface area (Å²) >= 11 is 6.03. The minimum Gasteiger partial charge on any atom is -0.427 e. The van der Waals surface area contributed by atoms with Gasteiger partial charge in [0.2, 0.25) is 0 Å². The van der Waals surface area contributed by atoms with Gasteiger partial charge in [-0.1, -0.05) is 23.7 Å². The van der Waals surface area contributed by atoms with E-state index in [1.165, 1.54) is 30.3 Å². The number of hydrogen-bond acceptors (Lipinski definition) is 5. The van der Waals surface area contributed by atoms with Gasteiger partial charge in [-0.15, -0.1) is 0 Å². The normalized spacial score (nSPS) is 10.2. The van der Waals surface area contributed by atoms with E-state index in [1.54, 1.807) is 0 Å². The number of hydrogen-bond donors (Lipinski definition) is 1. The van der Waals surface area contributed by atoms with E-state index in [-0.39, 0.29) is 33.9 Å².